The number of amides is 2. The van der Waals surface area contributed by atoms with Gasteiger partial charge in [0.05, 0.1) is 12.1 Å². The maximum atomic E-state index is 12.9. The molecule has 0 unspecified atom stereocenters. The van der Waals surface area contributed by atoms with E-state index < -0.39 is 12.1 Å². The second-order valence-corrected chi connectivity index (χ2v) is 10.7. The number of hydrogen-bond donors (Lipinski definition) is 3. The van der Waals surface area contributed by atoms with Crippen molar-refractivity contribution in [1.82, 2.24) is 15.5 Å². The molecule has 0 spiro atoms. The fourth-order valence-corrected chi connectivity index (χ4v) is 4.84. The Morgan fingerprint density at radius 2 is 1.43 bits per heavy atom. The van der Waals surface area contributed by atoms with Crippen LogP contribution in [0.15, 0.2) is 84.9 Å². The van der Waals surface area contributed by atoms with Crippen LogP contribution in [0.4, 0.5) is 0 Å². The molecule has 7 heteroatoms. The van der Waals surface area contributed by atoms with Gasteiger partial charge in [-0.2, -0.15) is 0 Å². The van der Waals surface area contributed by atoms with Gasteiger partial charge in [0.1, 0.15) is 12.4 Å². The van der Waals surface area contributed by atoms with E-state index in [1.54, 1.807) is 0 Å². The van der Waals surface area contributed by atoms with Crippen molar-refractivity contribution in [3.63, 3.8) is 0 Å². The molecule has 3 rings (SSSR count). The number of aliphatic hydroxyl groups excluding tert-OH is 1. The quantitative estimate of drug-likeness (QED) is 0.182. The van der Waals surface area contributed by atoms with Gasteiger partial charge in [0, 0.05) is 39.0 Å². The zero-order valence-electron chi connectivity index (χ0n) is 25.1. The van der Waals surface area contributed by atoms with Crippen molar-refractivity contribution in [2.45, 2.75) is 77.7 Å². The number of aliphatic hydroxyl groups is 1. The minimum Gasteiger partial charge on any atom is -0.489 e. The van der Waals surface area contributed by atoms with Crippen molar-refractivity contribution >= 4 is 11.8 Å². The molecule has 0 bridgehead atoms. The summed E-state index contributed by atoms with van der Waals surface area (Å²) in [4.78, 5) is 27.4. The van der Waals surface area contributed by atoms with Gasteiger partial charge in [-0.1, -0.05) is 86.6 Å². The number of nitrogens with one attached hydrogen (secondary N) is 2. The van der Waals surface area contributed by atoms with Crippen LogP contribution in [0.1, 0.15) is 62.6 Å². The third-order valence-electron chi connectivity index (χ3n) is 7.10. The van der Waals surface area contributed by atoms with E-state index in [0.29, 0.717) is 39.0 Å². The molecule has 0 aromatic heterocycles. The molecule has 7 nitrogen and oxygen atoms in total. The van der Waals surface area contributed by atoms with E-state index in [-0.39, 0.29) is 18.2 Å². The summed E-state index contributed by atoms with van der Waals surface area (Å²) in [6, 6.07) is 27.3. The minimum atomic E-state index is -0.794. The van der Waals surface area contributed by atoms with E-state index >= 15 is 0 Å². The number of rotatable bonds is 19. The van der Waals surface area contributed by atoms with Gasteiger partial charge in [0.2, 0.25) is 11.8 Å². The molecule has 0 fully saturated rings. The molecule has 0 aliphatic carbocycles. The summed E-state index contributed by atoms with van der Waals surface area (Å²) in [5, 5.41) is 17.5. The van der Waals surface area contributed by atoms with Crippen molar-refractivity contribution in [1.29, 1.82) is 0 Å². The normalized spacial score (nSPS) is 12.4. The van der Waals surface area contributed by atoms with Crippen LogP contribution in [-0.2, 0) is 29.2 Å². The molecular formula is C35H47N3O4. The SMILES string of the molecule is CCCN(CCC)C(=O)CCCC(=O)N[C@@H](Cc1ccc(OCc2ccccc2)cc1)[C@H](O)CNCc1ccccc1. The highest BCUT2D eigenvalue weighted by Crippen LogP contribution is 2.16. The zero-order chi connectivity index (χ0) is 30.0. The molecule has 0 saturated heterocycles. The average Bonchev–Trinajstić information content (AvgIpc) is 3.01. The maximum absolute atomic E-state index is 12.9. The lowest BCUT2D eigenvalue weighted by Gasteiger charge is -2.25. The molecular weight excluding hydrogens is 526 g/mol. The molecule has 226 valence electrons. The van der Waals surface area contributed by atoms with Crippen LogP contribution in [-0.4, -0.2) is 53.6 Å². The third kappa shape index (κ3) is 12.0. The summed E-state index contributed by atoms with van der Waals surface area (Å²) in [7, 11) is 0. The molecule has 3 aromatic rings. The van der Waals surface area contributed by atoms with E-state index in [1.165, 1.54) is 0 Å². The largest absolute Gasteiger partial charge is 0.489 e. The fraction of sp³-hybridized carbons (Fsp3) is 0.429. The van der Waals surface area contributed by atoms with Gasteiger partial charge in [-0.3, -0.25) is 9.59 Å². The first kappa shape index (κ1) is 32.8. The Kier molecular flexibility index (Phi) is 14.6. The van der Waals surface area contributed by atoms with Crippen molar-refractivity contribution in [2.75, 3.05) is 19.6 Å². The maximum Gasteiger partial charge on any atom is 0.222 e. The molecule has 0 aliphatic heterocycles. The van der Waals surface area contributed by atoms with Gasteiger partial charge in [-0.05, 0) is 54.5 Å². The molecule has 0 saturated carbocycles. The van der Waals surface area contributed by atoms with E-state index in [2.05, 4.69) is 24.5 Å². The summed E-state index contributed by atoms with van der Waals surface area (Å²) in [6.07, 6.45) is 2.59. The molecule has 0 radical (unpaired) electrons. The Bertz CT molecular complexity index is 1170. The first-order chi connectivity index (χ1) is 20.5. The van der Waals surface area contributed by atoms with E-state index in [4.69, 9.17) is 4.74 Å². The summed E-state index contributed by atoms with van der Waals surface area (Å²) < 4.78 is 5.91. The van der Waals surface area contributed by atoms with E-state index in [9.17, 15) is 14.7 Å². The summed E-state index contributed by atoms with van der Waals surface area (Å²) in [6.45, 7) is 7.07. The van der Waals surface area contributed by atoms with Gasteiger partial charge in [-0.25, -0.2) is 0 Å². The summed E-state index contributed by atoms with van der Waals surface area (Å²) in [5.41, 5.74) is 3.21. The summed E-state index contributed by atoms with van der Waals surface area (Å²) in [5.74, 6) is 0.705. The van der Waals surface area contributed by atoms with E-state index in [0.717, 1.165) is 48.4 Å². The highest BCUT2D eigenvalue weighted by Gasteiger charge is 2.22. The lowest BCUT2D eigenvalue weighted by atomic mass is 10.00. The zero-order valence-corrected chi connectivity index (χ0v) is 25.1. The molecule has 3 N–H and O–H groups in total. The van der Waals surface area contributed by atoms with Crippen molar-refractivity contribution < 1.29 is 19.4 Å². The van der Waals surface area contributed by atoms with Crippen LogP contribution in [0.5, 0.6) is 5.75 Å². The summed E-state index contributed by atoms with van der Waals surface area (Å²) >= 11 is 0. The second-order valence-electron chi connectivity index (χ2n) is 10.7. The van der Waals surface area contributed by atoms with Crippen LogP contribution in [0.2, 0.25) is 0 Å². The van der Waals surface area contributed by atoms with Crippen molar-refractivity contribution in [2.24, 2.45) is 0 Å². The Balaban J connectivity index is 1.56. The smallest absolute Gasteiger partial charge is 0.222 e. The standard InChI is InChI=1S/C35H47N3O4/c1-3-22-38(23-4-2)35(41)17-11-16-34(40)37-32(33(39)26-36-25-29-12-7-5-8-13-29)24-28-18-20-31(21-19-28)42-27-30-14-9-6-10-15-30/h5-10,12-15,18-21,32-33,36,39H,3-4,11,16-17,22-27H2,1-2H3,(H,37,40)/t32-,33+/m0/s1. The molecule has 42 heavy (non-hydrogen) atoms. The van der Waals surface area contributed by atoms with Gasteiger partial charge in [0.25, 0.3) is 0 Å². The average molecular weight is 574 g/mol. The number of benzene rings is 3. The predicted molar refractivity (Wildman–Crippen MR) is 168 cm³/mol. The first-order valence-electron chi connectivity index (χ1n) is 15.2. The monoisotopic (exact) mass is 573 g/mol. The van der Waals surface area contributed by atoms with Crippen molar-refractivity contribution in [3.05, 3.63) is 102 Å². The lowest BCUT2D eigenvalue weighted by Crippen LogP contribution is -2.48. The Labute approximate surface area is 251 Å². The first-order valence-corrected chi connectivity index (χ1v) is 15.2. The molecule has 0 aliphatic rings. The van der Waals surface area contributed by atoms with Crippen LogP contribution in [0.25, 0.3) is 0 Å². The topological polar surface area (TPSA) is 90.9 Å². The molecule has 0 heterocycles. The molecule has 2 amide bonds. The number of carbonyl (C=O) groups is 2. The van der Waals surface area contributed by atoms with E-state index in [1.807, 2.05) is 89.8 Å². The van der Waals surface area contributed by atoms with Gasteiger partial charge < -0.3 is 25.4 Å². The number of carbonyl (C=O) groups excluding carboxylic acids is 2. The van der Waals surface area contributed by atoms with Crippen LogP contribution in [0, 0.1) is 0 Å². The van der Waals surface area contributed by atoms with Crippen LogP contribution >= 0.6 is 0 Å². The molecule has 2 atom stereocenters. The number of ether oxygens (including phenoxy) is 1. The number of hydrogen-bond acceptors (Lipinski definition) is 5. The minimum absolute atomic E-state index is 0.0998. The number of nitrogens with zero attached hydrogens (tertiary/aromatic N) is 1. The fourth-order valence-electron chi connectivity index (χ4n) is 4.84. The predicted octanol–water partition coefficient (Wildman–Crippen LogP) is 5.26. The van der Waals surface area contributed by atoms with Crippen LogP contribution < -0.4 is 15.4 Å². The second kappa shape index (κ2) is 18.7. The molecule has 3 aromatic carbocycles. The van der Waals surface area contributed by atoms with Crippen LogP contribution in [0.3, 0.4) is 0 Å². The Morgan fingerprint density at radius 3 is 2.05 bits per heavy atom. The van der Waals surface area contributed by atoms with Crippen molar-refractivity contribution in [3.8, 4) is 5.75 Å². The Hall–Kier alpha value is -3.68. The highest BCUT2D eigenvalue weighted by molar-refractivity contribution is 5.79. The lowest BCUT2D eigenvalue weighted by molar-refractivity contribution is -0.131. The Morgan fingerprint density at radius 1 is 0.810 bits per heavy atom. The highest BCUT2D eigenvalue weighted by atomic mass is 16.5. The third-order valence-corrected chi connectivity index (χ3v) is 7.10. The van der Waals surface area contributed by atoms with Gasteiger partial charge in [0.15, 0.2) is 0 Å². The van der Waals surface area contributed by atoms with Gasteiger partial charge in [-0.15, -0.1) is 0 Å². The van der Waals surface area contributed by atoms with Gasteiger partial charge >= 0.3 is 0 Å².